The summed E-state index contributed by atoms with van der Waals surface area (Å²) < 4.78 is 0. The molecule has 1 aromatic carbocycles. The van der Waals surface area contributed by atoms with Gasteiger partial charge in [0.05, 0.1) is 6.10 Å². The van der Waals surface area contributed by atoms with E-state index in [0.29, 0.717) is 12.8 Å². The summed E-state index contributed by atoms with van der Waals surface area (Å²) in [6.07, 6.45) is 5.08. The average molecular weight is 275 g/mol. The molecule has 1 aromatic rings. The van der Waals surface area contributed by atoms with Gasteiger partial charge in [0.15, 0.2) is 5.78 Å². The number of ketones is 1. The average Bonchev–Trinajstić information content (AvgIpc) is 2.43. The van der Waals surface area contributed by atoms with Crippen molar-refractivity contribution in [1.29, 1.82) is 0 Å². The fourth-order valence-corrected chi connectivity index (χ4v) is 1.99. The molecule has 0 heterocycles. The third-order valence-electron chi connectivity index (χ3n) is 3.11. The van der Waals surface area contributed by atoms with Crippen molar-refractivity contribution < 1.29 is 9.90 Å². The minimum absolute atomic E-state index is 0.0569. The van der Waals surface area contributed by atoms with Crippen LogP contribution < -0.4 is 5.32 Å². The van der Waals surface area contributed by atoms with Gasteiger partial charge in [-0.05, 0) is 31.9 Å². The number of anilines is 1. The van der Waals surface area contributed by atoms with E-state index in [9.17, 15) is 9.90 Å². The summed E-state index contributed by atoms with van der Waals surface area (Å²) in [5.41, 5.74) is 1.79. The molecule has 20 heavy (non-hydrogen) atoms. The molecular formula is C17H25NO2. The summed E-state index contributed by atoms with van der Waals surface area (Å²) in [5, 5.41) is 12.9. The fourth-order valence-electron chi connectivity index (χ4n) is 1.99. The van der Waals surface area contributed by atoms with Gasteiger partial charge < -0.3 is 10.4 Å². The number of aliphatic hydroxyl groups excluding tert-OH is 1. The highest BCUT2D eigenvalue weighted by atomic mass is 16.3. The van der Waals surface area contributed by atoms with Gasteiger partial charge in [0, 0.05) is 23.9 Å². The maximum Gasteiger partial charge on any atom is 0.157 e. The molecule has 3 heteroatoms. The molecule has 3 nitrogen and oxygen atoms in total. The normalized spacial score (nSPS) is 13.1. The van der Waals surface area contributed by atoms with Gasteiger partial charge in [-0.15, -0.1) is 0 Å². The molecule has 0 saturated carbocycles. The number of hydrogen-bond acceptors (Lipinski definition) is 3. The summed E-state index contributed by atoms with van der Waals surface area (Å²) >= 11 is 0. The number of para-hydroxylation sites is 1. The first-order valence-corrected chi connectivity index (χ1v) is 7.33. The molecule has 2 N–H and O–H groups in total. The Labute approximate surface area is 121 Å². The van der Waals surface area contributed by atoms with Crippen LogP contribution in [-0.4, -0.2) is 17.0 Å². The van der Waals surface area contributed by atoms with Crippen molar-refractivity contribution >= 4 is 11.5 Å². The van der Waals surface area contributed by atoms with Gasteiger partial charge in [-0.25, -0.2) is 0 Å². The van der Waals surface area contributed by atoms with Crippen molar-refractivity contribution in [3.05, 3.63) is 42.1 Å². The topological polar surface area (TPSA) is 49.3 Å². The lowest BCUT2D eigenvalue weighted by Crippen LogP contribution is -2.09. The van der Waals surface area contributed by atoms with Crippen molar-refractivity contribution in [2.45, 2.75) is 52.1 Å². The third kappa shape index (κ3) is 7.10. The summed E-state index contributed by atoms with van der Waals surface area (Å²) in [4.78, 5) is 11.8. The first-order valence-electron chi connectivity index (χ1n) is 7.33. The molecular weight excluding hydrogens is 250 g/mol. The molecule has 1 unspecified atom stereocenters. The Morgan fingerprint density at radius 1 is 1.30 bits per heavy atom. The van der Waals surface area contributed by atoms with Crippen LogP contribution in [0.3, 0.4) is 0 Å². The number of nitrogens with one attached hydrogen (secondary N) is 1. The second kappa shape index (κ2) is 9.32. The summed E-state index contributed by atoms with van der Waals surface area (Å²) in [7, 11) is 0. The molecule has 0 aliphatic carbocycles. The van der Waals surface area contributed by atoms with Crippen molar-refractivity contribution in [3.8, 4) is 0 Å². The SMILES string of the molecule is CCCCC(O)CCC(=O)/C=C(/C)Nc1ccccc1. The Balaban J connectivity index is 2.34. The second-order valence-electron chi connectivity index (χ2n) is 5.12. The van der Waals surface area contributed by atoms with Crippen LogP contribution in [0.25, 0.3) is 0 Å². The minimum atomic E-state index is -0.352. The maximum absolute atomic E-state index is 11.8. The van der Waals surface area contributed by atoms with Crippen LogP contribution in [0.1, 0.15) is 46.0 Å². The third-order valence-corrected chi connectivity index (χ3v) is 3.11. The van der Waals surface area contributed by atoms with Crippen molar-refractivity contribution in [3.63, 3.8) is 0 Å². The molecule has 1 atom stereocenters. The van der Waals surface area contributed by atoms with Crippen molar-refractivity contribution in [2.24, 2.45) is 0 Å². The van der Waals surface area contributed by atoms with Crippen LogP contribution in [-0.2, 0) is 4.79 Å². The van der Waals surface area contributed by atoms with Gasteiger partial charge in [-0.1, -0.05) is 38.0 Å². The number of benzene rings is 1. The number of carbonyl (C=O) groups excluding carboxylic acids is 1. The molecule has 0 saturated heterocycles. The minimum Gasteiger partial charge on any atom is -0.393 e. The van der Waals surface area contributed by atoms with E-state index in [1.807, 2.05) is 37.3 Å². The lowest BCUT2D eigenvalue weighted by Gasteiger charge is -2.09. The summed E-state index contributed by atoms with van der Waals surface area (Å²) in [6.45, 7) is 3.97. The Morgan fingerprint density at radius 2 is 2.00 bits per heavy atom. The molecule has 110 valence electrons. The fraction of sp³-hybridized carbons (Fsp3) is 0.471. The van der Waals surface area contributed by atoms with E-state index in [4.69, 9.17) is 0 Å². The van der Waals surface area contributed by atoms with Gasteiger partial charge in [-0.3, -0.25) is 4.79 Å². The van der Waals surface area contributed by atoms with Crippen LogP contribution in [0, 0.1) is 0 Å². The largest absolute Gasteiger partial charge is 0.393 e. The van der Waals surface area contributed by atoms with E-state index in [-0.39, 0.29) is 11.9 Å². The number of carbonyl (C=O) groups is 1. The van der Waals surface area contributed by atoms with Gasteiger partial charge in [0.25, 0.3) is 0 Å². The molecule has 0 spiro atoms. The summed E-state index contributed by atoms with van der Waals surface area (Å²) in [6, 6.07) is 9.75. The van der Waals surface area contributed by atoms with Gasteiger partial charge in [0.2, 0.25) is 0 Å². The standard InChI is InChI=1S/C17H25NO2/c1-3-4-10-16(19)11-12-17(20)13-14(2)18-15-8-6-5-7-9-15/h5-9,13,16,18-19H,3-4,10-12H2,1-2H3/b14-13-. The summed E-state index contributed by atoms with van der Waals surface area (Å²) in [5.74, 6) is 0.0569. The van der Waals surface area contributed by atoms with E-state index in [1.165, 1.54) is 0 Å². The molecule has 0 radical (unpaired) electrons. The second-order valence-corrected chi connectivity index (χ2v) is 5.12. The lowest BCUT2D eigenvalue weighted by molar-refractivity contribution is -0.115. The van der Waals surface area contributed by atoms with Crippen molar-refractivity contribution in [2.75, 3.05) is 5.32 Å². The van der Waals surface area contributed by atoms with E-state index < -0.39 is 0 Å². The Morgan fingerprint density at radius 3 is 2.65 bits per heavy atom. The maximum atomic E-state index is 11.8. The van der Waals surface area contributed by atoms with E-state index >= 15 is 0 Å². The number of hydrogen-bond donors (Lipinski definition) is 2. The monoisotopic (exact) mass is 275 g/mol. The van der Waals surface area contributed by atoms with Crippen LogP contribution in [0.15, 0.2) is 42.1 Å². The highest BCUT2D eigenvalue weighted by Crippen LogP contribution is 2.10. The van der Waals surface area contributed by atoms with Gasteiger partial charge in [-0.2, -0.15) is 0 Å². The molecule has 0 aliphatic rings. The highest BCUT2D eigenvalue weighted by molar-refractivity contribution is 5.90. The lowest BCUT2D eigenvalue weighted by atomic mass is 10.1. The number of rotatable bonds is 9. The smallest absolute Gasteiger partial charge is 0.157 e. The Bertz CT molecular complexity index is 426. The quantitative estimate of drug-likeness (QED) is 0.672. The van der Waals surface area contributed by atoms with E-state index in [1.54, 1.807) is 6.08 Å². The van der Waals surface area contributed by atoms with Crippen LogP contribution in [0.5, 0.6) is 0 Å². The van der Waals surface area contributed by atoms with Crippen molar-refractivity contribution in [1.82, 2.24) is 0 Å². The predicted octanol–water partition coefficient (Wildman–Crippen LogP) is 3.90. The highest BCUT2D eigenvalue weighted by Gasteiger charge is 2.06. The van der Waals surface area contributed by atoms with E-state index in [2.05, 4.69) is 12.2 Å². The first-order chi connectivity index (χ1) is 9.61. The first kappa shape index (κ1) is 16.4. The molecule has 0 fully saturated rings. The van der Waals surface area contributed by atoms with Gasteiger partial charge in [0.1, 0.15) is 0 Å². The number of allylic oxidation sites excluding steroid dienone is 2. The van der Waals surface area contributed by atoms with Gasteiger partial charge >= 0.3 is 0 Å². The zero-order valence-corrected chi connectivity index (χ0v) is 12.4. The Kier molecular flexibility index (Phi) is 7.66. The molecule has 0 aromatic heterocycles. The van der Waals surface area contributed by atoms with Crippen LogP contribution in [0.4, 0.5) is 5.69 Å². The van der Waals surface area contributed by atoms with E-state index in [0.717, 1.165) is 30.6 Å². The predicted molar refractivity (Wildman–Crippen MR) is 83.6 cm³/mol. The molecule has 1 rings (SSSR count). The molecule has 0 aliphatic heterocycles. The number of unbranched alkanes of at least 4 members (excludes halogenated alkanes) is 1. The molecule has 0 amide bonds. The number of aliphatic hydroxyl groups is 1. The van der Waals surface area contributed by atoms with Crippen LogP contribution >= 0.6 is 0 Å². The Hall–Kier alpha value is -1.61. The molecule has 0 bridgehead atoms. The zero-order valence-electron chi connectivity index (χ0n) is 12.4. The zero-order chi connectivity index (χ0) is 14.8. The van der Waals surface area contributed by atoms with Crippen LogP contribution in [0.2, 0.25) is 0 Å².